The summed E-state index contributed by atoms with van der Waals surface area (Å²) in [4.78, 5) is 14.9. The topological polar surface area (TPSA) is 59.4 Å². The maximum Gasteiger partial charge on any atom is 0.269 e. The van der Waals surface area contributed by atoms with Crippen molar-refractivity contribution in [1.29, 1.82) is 0 Å². The Hall–Kier alpha value is -1.40. The number of rotatable bonds is 3. The summed E-state index contributed by atoms with van der Waals surface area (Å²) in [5.74, 6) is -0.0173. The molecule has 0 spiro atoms. The van der Waals surface area contributed by atoms with Crippen LogP contribution in [0.4, 0.5) is 0 Å². The molecule has 1 aromatic heterocycles. The highest BCUT2D eigenvalue weighted by molar-refractivity contribution is 5.92. The third-order valence-electron chi connectivity index (χ3n) is 4.36. The first-order valence-electron chi connectivity index (χ1n) is 7.77. The number of fused-ring (bicyclic) bond motifs is 1. The average Bonchev–Trinajstić information content (AvgIpc) is 3.00. The molecule has 0 radical (unpaired) electrons. The van der Waals surface area contributed by atoms with Gasteiger partial charge in [-0.2, -0.15) is 5.10 Å². The Kier molecular flexibility index (Phi) is 3.99. The molecule has 0 aliphatic carbocycles. The van der Waals surface area contributed by atoms with Gasteiger partial charge in [0.05, 0.1) is 18.4 Å². The summed E-state index contributed by atoms with van der Waals surface area (Å²) in [5.41, 5.74) is 1.54. The SMILES string of the molecule is CCn1nc(C)cc1C(=O)N[C@H]1C[C@H]2CO[C@@H](C)CN2C1. The fourth-order valence-corrected chi connectivity index (χ4v) is 3.37. The molecule has 116 valence electrons. The number of nitrogens with one attached hydrogen (secondary N) is 1. The predicted octanol–water partition coefficient (Wildman–Crippen LogP) is 0.803. The molecule has 2 aliphatic heterocycles. The van der Waals surface area contributed by atoms with Crippen molar-refractivity contribution in [3.63, 3.8) is 0 Å². The molecule has 6 nitrogen and oxygen atoms in total. The molecule has 2 aliphatic rings. The van der Waals surface area contributed by atoms with E-state index in [2.05, 4.69) is 22.2 Å². The lowest BCUT2D eigenvalue weighted by atomic mass is 10.1. The maximum absolute atomic E-state index is 12.4. The number of nitrogens with zero attached hydrogens (tertiary/aromatic N) is 3. The lowest BCUT2D eigenvalue weighted by molar-refractivity contribution is -0.0390. The molecule has 0 saturated carbocycles. The van der Waals surface area contributed by atoms with Crippen LogP contribution in [0.15, 0.2) is 6.07 Å². The second-order valence-corrected chi connectivity index (χ2v) is 6.14. The number of aryl methyl sites for hydroxylation is 2. The zero-order valence-electron chi connectivity index (χ0n) is 13.0. The highest BCUT2D eigenvalue weighted by Crippen LogP contribution is 2.23. The first-order valence-corrected chi connectivity index (χ1v) is 7.77. The van der Waals surface area contributed by atoms with E-state index < -0.39 is 0 Å². The second kappa shape index (κ2) is 5.77. The van der Waals surface area contributed by atoms with E-state index in [-0.39, 0.29) is 11.9 Å². The van der Waals surface area contributed by atoms with Gasteiger partial charge in [0, 0.05) is 31.7 Å². The first-order chi connectivity index (χ1) is 10.1. The van der Waals surface area contributed by atoms with Crippen molar-refractivity contribution in [1.82, 2.24) is 20.0 Å². The highest BCUT2D eigenvalue weighted by Gasteiger charge is 2.37. The molecule has 6 heteroatoms. The number of hydrogen-bond donors (Lipinski definition) is 1. The Morgan fingerprint density at radius 2 is 2.33 bits per heavy atom. The molecule has 3 atom stereocenters. The molecular weight excluding hydrogens is 268 g/mol. The molecule has 0 bridgehead atoms. The average molecular weight is 292 g/mol. The van der Waals surface area contributed by atoms with Gasteiger partial charge in [-0.3, -0.25) is 14.4 Å². The lowest BCUT2D eigenvalue weighted by Crippen LogP contribution is -2.45. The number of morpholine rings is 1. The molecule has 1 amide bonds. The minimum Gasteiger partial charge on any atom is -0.376 e. The summed E-state index contributed by atoms with van der Waals surface area (Å²) in [6.45, 7) is 9.38. The van der Waals surface area contributed by atoms with Gasteiger partial charge in [-0.05, 0) is 33.3 Å². The van der Waals surface area contributed by atoms with Crippen molar-refractivity contribution in [2.24, 2.45) is 0 Å². The van der Waals surface area contributed by atoms with Gasteiger partial charge in [-0.1, -0.05) is 0 Å². The van der Waals surface area contributed by atoms with E-state index in [1.54, 1.807) is 4.68 Å². The summed E-state index contributed by atoms with van der Waals surface area (Å²) in [6, 6.07) is 2.51. The zero-order valence-corrected chi connectivity index (χ0v) is 13.0. The Bertz CT molecular complexity index is 528. The summed E-state index contributed by atoms with van der Waals surface area (Å²) >= 11 is 0. The molecule has 21 heavy (non-hydrogen) atoms. The Morgan fingerprint density at radius 1 is 1.52 bits per heavy atom. The summed E-state index contributed by atoms with van der Waals surface area (Å²) in [6.07, 6.45) is 1.26. The normalized spacial score (nSPS) is 29.4. The predicted molar refractivity (Wildman–Crippen MR) is 79.3 cm³/mol. The van der Waals surface area contributed by atoms with Gasteiger partial charge in [0.25, 0.3) is 5.91 Å². The van der Waals surface area contributed by atoms with Crippen LogP contribution < -0.4 is 5.32 Å². The van der Waals surface area contributed by atoms with Crippen LogP contribution in [0, 0.1) is 6.92 Å². The van der Waals surface area contributed by atoms with Crippen LogP contribution in [0.25, 0.3) is 0 Å². The monoisotopic (exact) mass is 292 g/mol. The third kappa shape index (κ3) is 2.96. The fraction of sp³-hybridized carbons (Fsp3) is 0.733. The summed E-state index contributed by atoms with van der Waals surface area (Å²) in [5, 5.41) is 7.49. The number of hydrogen-bond acceptors (Lipinski definition) is 4. The van der Waals surface area contributed by atoms with E-state index in [1.165, 1.54) is 0 Å². The van der Waals surface area contributed by atoms with Crippen LogP contribution in [0.5, 0.6) is 0 Å². The van der Waals surface area contributed by atoms with Crippen molar-refractivity contribution in [2.75, 3.05) is 19.7 Å². The van der Waals surface area contributed by atoms with E-state index in [4.69, 9.17) is 4.74 Å². The molecule has 2 saturated heterocycles. The molecule has 2 fully saturated rings. The number of carbonyl (C=O) groups excluding carboxylic acids is 1. The summed E-state index contributed by atoms with van der Waals surface area (Å²) in [7, 11) is 0. The van der Waals surface area contributed by atoms with E-state index in [9.17, 15) is 4.79 Å². The Balaban J connectivity index is 1.63. The van der Waals surface area contributed by atoms with Crippen molar-refractivity contribution >= 4 is 5.91 Å². The van der Waals surface area contributed by atoms with Crippen molar-refractivity contribution in [3.05, 3.63) is 17.5 Å². The van der Waals surface area contributed by atoms with E-state index in [1.807, 2.05) is 19.9 Å². The Labute approximate surface area is 125 Å². The lowest BCUT2D eigenvalue weighted by Gasteiger charge is -2.33. The van der Waals surface area contributed by atoms with Gasteiger partial charge >= 0.3 is 0 Å². The van der Waals surface area contributed by atoms with Crippen LogP contribution in [-0.4, -0.2) is 58.5 Å². The molecular formula is C15H24N4O2. The molecule has 1 N–H and O–H groups in total. The minimum atomic E-state index is -0.0173. The molecule has 3 heterocycles. The first kappa shape index (κ1) is 14.5. The van der Waals surface area contributed by atoms with Crippen LogP contribution in [0.2, 0.25) is 0 Å². The second-order valence-electron chi connectivity index (χ2n) is 6.14. The van der Waals surface area contributed by atoms with Crippen molar-refractivity contribution < 1.29 is 9.53 Å². The van der Waals surface area contributed by atoms with Gasteiger partial charge in [0.15, 0.2) is 0 Å². The highest BCUT2D eigenvalue weighted by atomic mass is 16.5. The molecule has 0 unspecified atom stereocenters. The third-order valence-corrected chi connectivity index (χ3v) is 4.36. The smallest absolute Gasteiger partial charge is 0.269 e. The number of carbonyl (C=O) groups is 1. The van der Waals surface area contributed by atoms with Gasteiger partial charge in [0.2, 0.25) is 0 Å². The largest absolute Gasteiger partial charge is 0.376 e. The Morgan fingerprint density at radius 3 is 3.10 bits per heavy atom. The molecule has 1 aromatic rings. The van der Waals surface area contributed by atoms with Gasteiger partial charge in [-0.25, -0.2) is 0 Å². The maximum atomic E-state index is 12.4. The number of ether oxygens (including phenoxy) is 1. The van der Waals surface area contributed by atoms with Crippen molar-refractivity contribution in [3.8, 4) is 0 Å². The van der Waals surface area contributed by atoms with Crippen LogP contribution >= 0.6 is 0 Å². The van der Waals surface area contributed by atoms with Crippen molar-refractivity contribution in [2.45, 2.75) is 51.9 Å². The van der Waals surface area contributed by atoms with E-state index >= 15 is 0 Å². The van der Waals surface area contributed by atoms with Gasteiger partial charge in [0.1, 0.15) is 5.69 Å². The quantitative estimate of drug-likeness (QED) is 0.895. The van der Waals surface area contributed by atoms with Crippen LogP contribution in [-0.2, 0) is 11.3 Å². The minimum absolute atomic E-state index is 0.0173. The number of aromatic nitrogens is 2. The summed E-state index contributed by atoms with van der Waals surface area (Å²) < 4.78 is 7.46. The standard InChI is InChI=1S/C15H24N4O2/c1-4-19-14(5-10(2)17-19)15(20)16-12-6-13-9-21-11(3)7-18(13)8-12/h5,11-13H,4,6-9H2,1-3H3,(H,16,20)/t11-,12-,13-/m0/s1. The van der Waals surface area contributed by atoms with E-state index in [0.29, 0.717) is 24.4 Å². The van der Waals surface area contributed by atoms with E-state index in [0.717, 1.165) is 31.8 Å². The molecule has 0 aromatic carbocycles. The zero-order chi connectivity index (χ0) is 15.0. The van der Waals surface area contributed by atoms with Crippen LogP contribution in [0.1, 0.15) is 36.5 Å². The molecule has 3 rings (SSSR count). The van der Waals surface area contributed by atoms with Gasteiger partial charge in [-0.15, -0.1) is 0 Å². The number of amides is 1. The van der Waals surface area contributed by atoms with Crippen LogP contribution in [0.3, 0.4) is 0 Å². The fourth-order valence-electron chi connectivity index (χ4n) is 3.37. The van der Waals surface area contributed by atoms with Gasteiger partial charge < -0.3 is 10.1 Å².